The topological polar surface area (TPSA) is 66.0 Å². The summed E-state index contributed by atoms with van der Waals surface area (Å²) < 4.78 is 6.01. The van der Waals surface area contributed by atoms with Crippen LogP contribution in [0.2, 0.25) is 0 Å². The van der Waals surface area contributed by atoms with Gasteiger partial charge in [0.1, 0.15) is 11.9 Å². The van der Waals surface area contributed by atoms with Crippen molar-refractivity contribution in [1.82, 2.24) is 15.5 Å². The van der Waals surface area contributed by atoms with Crippen molar-refractivity contribution in [2.45, 2.75) is 45.8 Å². The molecule has 0 radical (unpaired) electrons. The van der Waals surface area contributed by atoms with Gasteiger partial charge in [-0.1, -0.05) is 30.3 Å². The van der Waals surface area contributed by atoms with E-state index < -0.39 is 0 Å². The Hall–Kier alpha value is -3.02. The molecule has 1 aliphatic rings. The van der Waals surface area contributed by atoms with Crippen LogP contribution in [-0.2, 0) is 6.54 Å². The van der Waals surface area contributed by atoms with E-state index in [1.54, 1.807) is 7.05 Å². The van der Waals surface area contributed by atoms with Crippen LogP contribution in [0.5, 0.6) is 5.75 Å². The molecule has 0 aliphatic carbocycles. The molecule has 1 saturated heterocycles. The van der Waals surface area contributed by atoms with E-state index in [9.17, 15) is 4.79 Å². The zero-order chi connectivity index (χ0) is 22.1. The Morgan fingerprint density at radius 2 is 1.77 bits per heavy atom. The molecule has 0 spiro atoms. The van der Waals surface area contributed by atoms with Crippen molar-refractivity contribution in [2.75, 3.05) is 26.7 Å². The largest absolute Gasteiger partial charge is 0.489 e. The minimum atomic E-state index is -0.000247. The number of hydrogen-bond donors (Lipinski definition) is 2. The fourth-order valence-electron chi connectivity index (χ4n) is 3.64. The minimum absolute atomic E-state index is 0.000247. The second-order valence-corrected chi connectivity index (χ2v) is 8.05. The molecule has 166 valence electrons. The molecule has 1 fully saturated rings. The zero-order valence-corrected chi connectivity index (χ0v) is 18.9. The standard InChI is InChI=1S/C25H34N4O2/c1-19-9-5-6-10-23(19)31-20(2)17-27-25(26-3)28-18-21-11-13-22(14-12-21)24(30)29-15-7-4-8-16-29/h5-6,9-14,20H,4,7-8,15-18H2,1-3H3,(H2,26,27,28). The number of para-hydroxylation sites is 1. The Morgan fingerprint density at radius 1 is 1.06 bits per heavy atom. The first-order valence-corrected chi connectivity index (χ1v) is 11.1. The maximum Gasteiger partial charge on any atom is 0.253 e. The summed E-state index contributed by atoms with van der Waals surface area (Å²) in [6.07, 6.45) is 3.43. The van der Waals surface area contributed by atoms with Gasteiger partial charge in [0.05, 0.1) is 6.54 Å². The third kappa shape index (κ3) is 6.74. The summed E-state index contributed by atoms with van der Waals surface area (Å²) in [5, 5.41) is 6.62. The lowest BCUT2D eigenvalue weighted by Gasteiger charge is -2.26. The number of carbonyl (C=O) groups is 1. The lowest BCUT2D eigenvalue weighted by atomic mass is 10.1. The highest BCUT2D eigenvalue weighted by Gasteiger charge is 2.17. The monoisotopic (exact) mass is 422 g/mol. The molecular formula is C25H34N4O2. The van der Waals surface area contributed by atoms with Gasteiger partial charge < -0.3 is 20.3 Å². The fourth-order valence-corrected chi connectivity index (χ4v) is 3.64. The summed E-state index contributed by atoms with van der Waals surface area (Å²) in [5.74, 6) is 1.76. The van der Waals surface area contributed by atoms with Crippen LogP contribution in [0.1, 0.15) is 47.7 Å². The number of aryl methyl sites for hydroxylation is 1. The first-order chi connectivity index (χ1) is 15.1. The first-order valence-electron chi connectivity index (χ1n) is 11.1. The first kappa shape index (κ1) is 22.7. The number of amides is 1. The maximum absolute atomic E-state index is 12.6. The second kappa shape index (κ2) is 11.4. The van der Waals surface area contributed by atoms with Crippen molar-refractivity contribution in [1.29, 1.82) is 0 Å². The molecule has 6 nitrogen and oxygen atoms in total. The van der Waals surface area contributed by atoms with E-state index in [1.165, 1.54) is 6.42 Å². The number of hydrogen-bond acceptors (Lipinski definition) is 3. The van der Waals surface area contributed by atoms with Gasteiger partial charge in [-0.2, -0.15) is 0 Å². The minimum Gasteiger partial charge on any atom is -0.489 e. The summed E-state index contributed by atoms with van der Waals surface area (Å²) >= 11 is 0. The Labute approximate surface area is 185 Å². The molecule has 0 bridgehead atoms. The van der Waals surface area contributed by atoms with Gasteiger partial charge >= 0.3 is 0 Å². The van der Waals surface area contributed by atoms with Crippen LogP contribution in [0.15, 0.2) is 53.5 Å². The zero-order valence-electron chi connectivity index (χ0n) is 18.9. The molecule has 2 aromatic rings. The van der Waals surface area contributed by atoms with Crippen LogP contribution in [0.4, 0.5) is 0 Å². The average Bonchev–Trinajstić information content (AvgIpc) is 2.81. The second-order valence-electron chi connectivity index (χ2n) is 8.05. The van der Waals surface area contributed by atoms with Crippen molar-refractivity contribution < 1.29 is 9.53 Å². The predicted molar refractivity (Wildman–Crippen MR) is 126 cm³/mol. The lowest BCUT2D eigenvalue weighted by Crippen LogP contribution is -2.41. The number of carbonyl (C=O) groups excluding carboxylic acids is 1. The van der Waals surface area contributed by atoms with Crippen molar-refractivity contribution in [3.05, 3.63) is 65.2 Å². The average molecular weight is 423 g/mol. The van der Waals surface area contributed by atoms with Crippen molar-refractivity contribution >= 4 is 11.9 Å². The Morgan fingerprint density at radius 3 is 2.45 bits per heavy atom. The SMILES string of the molecule is CN=C(NCc1ccc(C(=O)N2CCCCC2)cc1)NCC(C)Oc1ccccc1C. The number of guanidine groups is 1. The highest BCUT2D eigenvalue weighted by atomic mass is 16.5. The number of aliphatic imine (C=N–C) groups is 1. The molecule has 0 saturated carbocycles. The van der Waals surface area contributed by atoms with Gasteiger partial charge in [0.2, 0.25) is 0 Å². The number of rotatable bonds is 7. The quantitative estimate of drug-likeness (QED) is 0.527. The van der Waals surface area contributed by atoms with Crippen molar-refractivity contribution in [3.8, 4) is 5.75 Å². The van der Waals surface area contributed by atoms with E-state index in [1.807, 2.05) is 67.3 Å². The van der Waals surface area contributed by atoms with Gasteiger partial charge in [-0.05, 0) is 62.4 Å². The van der Waals surface area contributed by atoms with Gasteiger partial charge in [-0.3, -0.25) is 9.79 Å². The number of likely N-dealkylation sites (tertiary alicyclic amines) is 1. The molecule has 1 amide bonds. The van der Waals surface area contributed by atoms with E-state index in [0.29, 0.717) is 19.0 Å². The predicted octanol–water partition coefficient (Wildman–Crippen LogP) is 3.75. The van der Waals surface area contributed by atoms with Gasteiger partial charge in [0.25, 0.3) is 5.91 Å². The van der Waals surface area contributed by atoms with Gasteiger partial charge in [0, 0.05) is 32.2 Å². The molecule has 1 unspecified atom stereocenters. The third-order valence-corrected chi connectivity index (χ3v) is 5.51. The molecule has 0 aromatic heterocycles. The maximum atomic E-state index is 12.6. The lowest BCUT2D eigenvalue weighted by molar-refractivity contribution is 0.0724. The summed E-state index contributed by atoms with van der Waals surface area (Å²) in [6, 6.07) is 15.9. The third-order valence-electron chi connectivity index (χ3n) is 5.51. The molecule has 1 heterocycles. The van der Waals surface area contributed by atoms with Crippen LogP contribution in [0.25, 0.3) is 0 Å². The molecule has 2 aromatic carbocycles. The molecule has 31 heavy (non-hydrogen) atoms. The van der Waals surface area contributed by atoms with Crippen molar-refractivity contribution in [3.63, 3.8) is 0 Å². The normalized spacial score (nSPS) is 15.3. The molecular weight excluding hydrogens is 388 g/mol. The fraction of sp³-hybridized carbons (Fsp3) is 0.440. The number of piperidine rings is 1. The van der Waals surface area contributed by atoms with Crippen LogP contribution in [0, 0.1) is 6.92 Å². The summed E-state index contributed by atoms with van der Waals surface area (Å²) in [6.45, 7) is 7.08. The summed E-state index contributed by atoms with van der Waals surface area (Å²) in [7, 11) is 1.75. The van der Waals surface area contributed by atoms with Crippen molar-refractivity contribution in [2.24, 2.45) is 4.99 Å². The van der Waals surface area contributed by atoms with E-state index in [4.69, 9.17) is 4.74 Å². The van der Waals surface area contributed by atoms with Crippen LogP contribution in [0.3, 0.4) is 0 Å². The molecule has 6 heteroatoms. The van der Waals surface area contributed by atoms with Gasteiger partial charge in [0.15, 0.2) is 5.96 Å². The molecule has 3 rings (SSSR count). The van der Waals surface area contributed by atoms with Crippen LogP contribution in [-0.4, -0.2) is 49.6 Å². The highest BCUT2D eigenvalue weighted by Crippen LogP contribution is 2.17. The summed E-state index contributed by atoms with van der Waals surface area (Å²) in [5.41, 5.74) is 2.98. The summed E-state index contributed by atoms with van der Waals surface area (Å²) in [4.78, 5) is 18.8. The smallest absolute Gasteiger partial charge is 0.253 e. The molecule has 2 N–H and O–H groups in total. The van der Waals surface area contributed by atoms with Gasteiger partial charge in [-0.25, -0.2) is 0 Å². The molecule has 1 aliphatic heterocycles. The van der Waals surface area contributed by atoms with Crippen LogP contribution >= 0.6 is 0 Å². The highest BCUT2D eigenvalue weighted by molar-refractivity contribution is 5.94. The number of benzene rings is 2. The Balaban J connectivity index is 1.44. The number of nitrogens with zero attached hydrogens (tertiary/aromatic N) is 2. The Kier molecular flexibility index (Phi) is 8.33. The Bertz CT molecular complexity index is 873. The van der Waals surface area contributed by atoms with Gasteiger partial charge in [-0.15, -0.1) is 0 Å². The van der Waals surface area contributed by atoms with E-state index in [2.05, 4.69) is 15.6 Å². The number of ether oxygens (including phenoxy) is 1. The van der Waals surface area contributed by atoms with E-state index in [-0.39, 0.29) is 12.0 Å². The molecule has 1 atom stereocenters. The van der Waals surface area contributed by atoms with E-state index in [0.717, 1.165) is 48.4 Å². The van der Waals surface area contributed by atoms with Crippen LogP contribution < -0.4 is 15.4 Å². The number of nitrogens with one attached hydrogen (secondary N) is 2. The van der Waals surface area contributed by atoms with E-state index >= 15 is 0 Å².